The van der Waals surface area contributed by atoms with Crippen LogP contribution in [0.3, 0.4) is 0 Å². The fraction of sp³-hybridized carbons (Fsp3) is 1.00. The molecule has 0 N–H and O–H groups in total. The standard InChI is InChI=1S/C13H25O2S.3C4H9.Sn/c1-6-15-13(3,16-5)12(2)10-8-7-9-11(12)14-4;3*1-3-4-2;/h11H,4,6-10H2,1-3,5H3;3*1,3-4H2,2H3;. The van der Waals surface area contributed by atoms with E-state index < -0.39 is 18.4 Å². The van der Waals surface area contributed by atoms with E-state index in [4.69, 9.17) is 9.47 Å². The predicted molar refractivity (Wildman–Crippen MR) is 135 cm³/mol. The molecule has 0 aliphatic heterocycles. The third-order valence-electron chi connectivity index (χ3n) is 7.74. The van der Waals surface area contributed by atoms with E-state index in [1.54, 1.807) is 13.3 Å². The van der Waals surface area contributed by atoms with Gasteiger partial charge in [0, 0.05) is 0 Å². The summed E-state index contributed by atoms with van der Waals surface area (Å²) in [6.45, 7) is 14.8. The van der Waals surface area contributed by atoms with Gasteiger partial charge in [0.05, 0.1) is 0 Å². The van der Waals surface area contributed by atoms with Crippen molar-refractivity contribution < 1.29 is 9.47 Å². The van der Waals surface area contributed by atoms with E-state index in [1.807, 2.05) is 11.8 Å². The molecule has 0 spiro atoms. The Labute approximate surface area is 191 Å². The topological polar surface area (TPSA) is 18.5 Å². The first-order chi connectivity index (χ1) is 13.9. The average Bonchev–Trinajstić information content (AvgIpc) is 2.73. The van der Waals surface area contributed by atoms with Crippen molar-refractivity contribution in [1.82, 2.24) is 0 Å². The van der Waals surface area contributed by atoms with Gasteiger partial charge in [0.25, 0.3) is 0 Å². The second-order valence-electron chi connectivity index (χ2n) is 9.86. The van der Waals surface area contributed by atoms with Gasteiger partial charge in [-0.1, -0.05) is 0 Å². The van der Waals surface area contributed by atoms with Crippen molar-refractivity contribution in [2.45, 2.75) is 130 Å². The van der Waals surface area contributed by atoms with Gasteiger partial charge in [-0.2, -0.15) is 0 Å². The van der Waals surface area contributed by atoms with E-state index >= 15 is 0 Å². The van der Waals surface area contributed by atoms with Crippen LogP contribution in [0.25, 0.3) is 0 Å². The van der Waals surface area contributed by atoms with Crippen molar-refractivity contribution in [3.63, 3.8) is 0 Å². The molecule has 0 saturated heterocycles. The molecule has 1 rings (SSSR count). The Bertz CT molecular complexity index is 411. The van der Waals surface area contributed by atoms with Gasteiger partial charge in [-0.25, -0.2) is 0 Å². The monoisotopic (exact) mass is 536 g/mol. The Morgan fingerprint density at radius 3 is 1.97 bits per heavy atom. The molecule has 2 nitrogen and oxygen atoms in total. The Morgan fingerprint density at radius 2 is 1.52 bits per heavy atom. The van der Waals surface area contributed by atoms with Crippen LogP contribution in [0.1, 0.15) is 106 Å². The number of thioether (sulfide) groups is 1. The molecule has 0 aromatic carbocycles. The van der Waals surface area contributed by atoms with Crippen molar-refractivity contribution in [2.24, 2.45) is 5.41 Å². The molecule has 1 saturated carbocycles. The fourth-order valence-corrected chi connectivity index (χ4v) is 20.7. The molecule has 0 heterocycles. The first-order valence-corrected chi connectivity index (χ1v) is 22.0. The molecule has 3 unspecified atom stereocenters. The minimum absolute atomic E-state index is 0.110. The first kappa shape index (κ1) is 28.1. The molecule has 29 heavy (non-hydrogen) atoms. The summed E-state index contributed by atoms with van der Waals surface area (Å²) in [5.74, 6) is 0. The van der Waals surface area contributed by atoms with Crippen molar-refractivity contribution >= 4 is 30.1 Å². The van der Waals surface area contributed by atoms with Crippen LogP contribution in [0.15, 0.2) is 0 Å². The van der Waals surface area contributed by atoms with Crippen LogP contribution in [0.2, 0.25) is 13.3 Å². The molecular weight excluding hydrogens is 483 g/mol. The van der Waals surface area contributed by atoms with E-state index in [2.05, 4.69) is 47.8 Å². The maximum atomic E-state index is 7.05. The number of hydrogen-bond acceptors (Lipinski definition) is 3. The summed E-state index contributed by atoms with van der Waals surface area (Å²) >= 11 is -0.357. The van der Waals surface area contributed by atoms with Gasteiger partial charge in [-0.05, 0) is 0 Å². The summed E-state index contributed by atoms with van der Waals surface area (Å²) in [5, 5.41) is 0. The maximum absolute atomic E-state index is 7.05. The molecule has 1 aliphatic rings. The number of rotatable bonds is 16. The van der Waals surface area contributed by atoms with Crippen LogP contribution >= 0.6 is 11.8 Å². The van der Waals surface area contributed by atoms with Gasteiger partial charge in [-0.15, -0.1) is 0 Å². The predicted octanol–water partition coefficient (Wildman–Crippen LogP) is 8.46. The molecule has 3 atom stereocenters. The average molecular weight is 535 g/mol. The second kappa shape index (κ2) is 14.3. The minimum atomic E-state index is -2.25. The molecule has 0 bridgehead atoms. The first-order valence-electron chi connectivity index (χ1n) is 12.7. The number of ether oxygens (including phenoxy) is 2. The SMILES string of the molecule is CCC[CH2][Sn]([CH2]CCC)([CH2]CCC)[CH2]OC1CCCCC1(C)C(C)(OCC)SC. The molecule has 0 amide bonds. The van der Waals surface area contributed by atoms with Gasteiger partial charge in [0.2, 0.25) is 0 Å². The van der Waals surface area contributed by atoms with Crippen LogP contribution in [-0.2, 0) is 9.47 Å². The third kappa shape index (κ3) is 7.86. The summed E-state index contributed by atoms with van der Waals surface area (Å²) in [6, 6.07) is 0. The van der Waals surface area contributed by atoms with E-state index in [-0.39, 0.29) is 10.3 Å². The zero-order valence-electron chi connectivity index (χ0n) is 20.9. The Balaban J connectivity index is 3.02. The van der Waals surface area contributed by atoms with E-state index in [1.165, 1.54) is 64.2 Å². The second-order valence-corrected chi connectivity index (χ2v) is 24.7. The molecule has 1 fully saturated rings. The van der Waals surface area contributed by atoms with Gasteiger partial charge < -0.3 is 0 Å². The zero-order valence-corrected chi connectivity index (χ0v) is 24.6. The van der Waals surface area contributed by atoms with Crippen LogP contribution in [0.4, 0.5) is 0 Å². The van der Waals surface area contributed by atoms with E-state index in [0.29, 0.717) is 6.10 Å². The Morgan fingerprint density at radius 1 is 0.966 bits per heavy atom. The van der Waals surface area contributed by atoms with E-state index in [9.17, 15) is 0 Å². The van der Waals surface area contributed by atoms with Crippen molar-refractivity contribution in [2.75, 3.05) is 17.5 Å². The zero-order chi connectivity index (χ0) is 21.8. The van der Waals surface area contributed by atoms with Crippen molar-refractivity contribution in [3.05, 3.63) is 0 Å². The molecule has 1 aliphatic carbocycles. The van der Waals surface area contributed by atoms with Crippen LogP contribution in [-0.4, -0.2) is 46.9 Å². The fourth-order valence-electron chi connectivity index (χ4n) is 5.34. The van der Waals surface area contributed by atoms with Gasteiger partial charge in [0.15, 0.2) is 0 Å². The molecule has 4 heteroatoms. The quantitative estimate of drug-likeness (QED) is 0.146. The van der Waals surface area contributed by atoms with Crippen molar-refractivity contribution in [3.8, 4) is 0 Å². The molecule has 0 radical (unpaired) electrons. The van der Waals surface area contributed by atoms with Crippen LogP contribution in [0, 0.1) is 5.41 Å². The van der Waals surface area contributed by atoms with Gasteiger partial charge >= 0.3 is 193 Å². The van der Waals surface area contributed by atoms with E-state index in [0.717, 1.165) is 11.2 Å². The summed E-state index contributed by atoms with van der Waals surface area (Å²) in [6.07, 6.45) is 16.0. The number of unbranched alkanes of at least 4 members (excludes halogenated alkanes) is 3. The summed E-state index contributed by atoms with van der Waals surface area (Å²) in [5.41, 5.74) is 0.110. The molecule has 174 valence electrons. The summed E-state index contributed by atoms with van der Waals surface area (Å²) in [7, 11) is 0. The van der Waals surface area contributed by atoms with Gasteiger partial charge in [0.1, 0.15) is 0 Å². The Kier molecular flexibility index (Phi) is 13.8. The summed E-state index contributed by atoms with van der Waals surface area (Å²) in [4.78, 5) is -0.152. The normalized spacial score (nSPS) is 25.1. The molecule has 0 aromatic heterocycles. The number of hydrogen-bond donors (Lipinski definition) is 0. The van der Waals surface area contributed by atoms with Crippen LogP contribution < -0.4 is 0 Å². The third-order valence-corrected chi connectivity index (χ3v) is 23.4. The summed E-state index contributed by atoms with van der Waals surface area (Å²) < 4.78 is 19.2. The molecular formula is C25H52O2SSn. The molecule has 0 aromatic rings. The van der Waals surface area contributed by atoms with Gasteiger partial charge in [-0.3, -0.25) is 0 Å². The van der Waals surface area contributed by atoms with Crippen LogP contribution in [0.5, 0.6) is 0 Å². The van der Waals surface area contributed by atoms with Crippen molar-refractivity contribution in [1.29, 1.82) is 0 Å². The Hall–Kier alpha value is 1.07.